The van der Waals surface area contributed by atoms with Crippen molar-refractivity contribution in [3.63, 3.8) is 0 Å². The Kier molecular flexibility index (Phi) is 3.70. The Morgan fingerprint density at radius 2 is 1.90 bits per heavy atom. The average Bonchev–Trinajstić information content (AvgIpc) is 3.07. The summed E-state index contributed by atoms with van der Waals surface area (Å²) >= 11 is 0. The average molecular weight is 288 g/mol. The number of hydrogen-bond donors (Lipinski definition) is 1. The lowest BCUT2D eigenvalue weighted by molar-refractivity contribution is -0.121. The highest BCUT2D eigenvalue weighted by molar-refractivity contribution is 6.21. The number of benzene rings is 1. The van der Waals surface area contributed by atoms with Gasteiger partial charge < -0.3 is 10.1 Å². The quantitative estimate of drug-likeness (QED) is 0.822. The molecule has 0 spiro atoms. The number of nitrogens with zero attached hydrogens (tertiary/aromatic N) is 1. The second-order valence-electron chi connectivity index (χ2n) is 5.19. The van der Waals surface area contributed by atoms with E-state index in [0.29, 0.717) is 24.3 Å². The minimum atomic E-state index is -0.326. The van der Waals surface area contributed by atoms with Crippen LogP contribution in [0.5, 0.6) is 0 Å². The lowest BCUT2D eigenvalue weighted by Gasteiger charge is -2.15. The highest BCUT2D eigenvalue weighted by atomic mass is 16.5. The Bertz CT molecular complexity index is 558. The molecule has 2 heterocycles. The van der Waals surface area contributed by atoms with Crippen molar-refractivity contribution < 1.29 is 19.1 Å². The predicted octanol–water partition coefficient (Wildman–Crippen LogP) is 0.578. The Morgan fingerprint density at radius 3 is 2.48 bits per heavy atom. The van der Waals surface area contributed by atoms with Crippen LogP contribution in [0.1, 0.15) is 33.6 Å². The van der Waals surface area contributed by atoms with E-state index >= 15 is 0 Å². The first kappa shape index (κ1) is 13.8. The highest BCUT2D eigenvalue weighted by Crippen LogP contribution is 2.22. The van der Waals surface area contributed by atoms with Gasteiger partial charge in [0.1, 0.15) is 0 Å². The molecule has 6 heteroatoms. The number of nitrogens with one attached hydrogen (secondary N) is 1. The number of imide groups is 1. The second kappa shape index (κ2) is 5.65. The first-order chi connectivity index (χ1) is 10.2. The van der Waals surface area contributed by atoms with E-state index in [1.54, 1.807) is 24.3 Å². The van der Waals surface area contributed by atoms with Crippen LogP contribution in [0.25, 0.3) is 0 Å². The first-order valence-corrected chi connectivity index (χ1v) is 6.99. The maximum absolute atomic E-state index is 12.1. The molecule has 1 aromatic carbocycles. The molecule has 1 aromatic rings. The van der Waals surface area contributed by atoms with Crippen molar-refractivity contribution in [2.75, 3.05) is 19.8 Å². The molecule has 0 aromatic heterocycles. The molecule has 1 atom stereocenters. The van der Waals surface area contributed by atoms with Gasteiger partial charge in [0.15, 0.2) is 0 Å². The molecule has 0 bridgehead atoms. The van der Waals surface area contributed by atoms with Gasteiger partial charge in [-0.15, -0.1) is 0 Å². The van der Waals surface area contributed by atoms with Gasteiger partial charge in [0, 0.05) is 19.6 Å². The van der Waals surface area contributed by atoms with Gasteiger partial charge in [0.05, 0.1) is 23.8 Å². The summed E-state index contributed by atoms with van der Waals surface area (Å²) in [4.78, 5) is 37.2. The van der Waals surface area contributed by atoms with Crippen molar-refractivity contribution in [1.29, 1.82) is 0 Å². The van der Waals surface area contributed by atoms with Crippen LogP contribution in [0, 0.1) is 0 Å². The molecule has 0 aliphatic carbocycles. The van der Waals surface area contributed by atoms with E-state index in [-0.39, 0.29) is 36.7 Å². The van der Waals surface area contributed by atoms with Gasteiger partial charge in [-0.25, -0.2) is 0 Å². The summed E-state index contributed by atoms with van der Waals surface area (Å²) in [5.41, 5.74) is 0.819. The van der Waals surface area contributed by atoms with Gasteiger partial charge in [-0.05, 0) is 18.6 Å². The van der Waals surface area contributed by atoms with Crippen LogP contribution in [-0.2, 0) is 9.53 Å². The highest BCUT2D eigenvalue weighted by Gasteiger charge is 2.35. The van der Waals surface area contributed by atoms with Crippen LogP contribution in [0.15, 0.2) is 24.3 Å². The molecular formula is C15H16N2O4. The fourth-order valence-electron chi connectivity index (χ4n) is 2.60. The lowest BCUT2D eigenvalue weighted by Crippen LogP contribution is -2.38. The molecule has 1 N–H and O–H groups in total. The van der Waals surface area contributed by atoms with Crippen molar-refractivity contribution in [1.82, 2.24) is 10.2 Å². The predicted molar refractivity (Wildman–Crippen MR) is 73.8 cm³/mol. The van der Waals surface area contributed by atoms with Gasteiger partial charge in [0.25, 0.3) is 11.8 Å². The number of amides is 3. The van der Waals surface area contributed by atoms with Crippen LogP contribution in [0.4, 0.5) is 0 Å². The van der Waals surface area contributed by atoms with Crippen molar-refractivity contribution in [3.8, 4) is 0 Å². The summed E-state index contributed by atoms with van der Waals surface area (Å²) in [6.07, 6.45) is 0.917. The standard InChI is InChI=1S/C15H16N2O4/c18-13(16-10-6-8-21-9-10)5-7-17-14(19)11-3-1-2-4-12(11)15(17)20/h1-4,10H,5-9H2,(H,16,18). The van der Waals surface area contributed by atoms with Crippen LogP contribution < -0.4 is 5.32 Å². The topological polar surface area (TPSA) is 75.7 Å². The molecule has 1 saturated heterocycles. The van der Waals surface area contributed by atoms with Crippen molar-refractivity contribution in [2.24, 2.45) is 0 Å². The molecule has 2 aliphatic heterocycles. The van der Waals surface area contributed by atoms with Gasteiger partial charge >= 0.3 is 0 Å². The van der Waals surface area contributed by atoms with E-state index in [1.165, 1.54) is 0 Å². The second-order valence-corrected chi connectivity index (χ2v) is 5.19. The molecule has 0 saturated carbocycles. The van der Waals surface area contributed by atoms with Crippen LogP contribution in [0.2, 0.25) is 0 Å². The van der Waals surface area contributed by atoms with Crippen molar-refractivity contribution >= 4 is 17.7 Å². The Morgan fingerprint density at radius 1 is 1.24 bits per heavy atom. The van der Waals surface area contributed by atoms with Gasteiger partial charge in [-0.3, -0.25) is 19.3 Å². The monoisotopic (exact) mass is 288 g/mol. The SMILES string of the molecule is O=C(CCN1C(=O)c2ccccc2C1=O)NC1CCOC1. The summed E-state index contributed by atoms with van der Waals surface area (Å²) < 4.78 is 5.18. The van der Waals surface area contributed by atoms with E-state index in [1.807, 2.05) is 0 Å². The van der Waals surface area contributed by atoms with E-state index in [4.69, 9.17) is 4.74 Å². The van der Waals surface area contributed by atoms with Gasteiger partial charge in [-0.2, -0.15) is 0 Å². The zero-order valence-electron chi connectivity index (χ0n) is 11.5. The van der Waals surface area contributed by atoms with Crippen LogP contribution in [-0.4, -0.2) is 48.4 Å². The zero-order chi connectivity index (χ0) is 14.8. The maximum Gasteiger partial charge on any atom is 0.261 e. The number of carbonyl (C=O) groups is 3. The van der Waals surface area contributed by atoms with E-state index in [0.717, 1.165) is 11.3 Å². The molecule has 1 fully saturated rings. The summed E-state index contributed by atoms with van der Waals surface area (Å²) in [7, 11) is 0. The van der Waals surface area contributed by atoms with Gasteiger partial charge in [0.2, 0.25) is 5.91 Å². The summed E-state index contributed by atoms with van der Waals surface area (Å²) in [6.45, 7) is 1.29. The van der Waals surface area contributed by atoms with Crippen LogP contribution in [0.3, 0.4) is 0 Å². The van der Waals surface area contributed by atoms with E-state index < -0.39 is 0 Å². The van der Waals surface area contributed by atoms with E-state index in [2.05, 4.69) is 5.32 Å². The Hall–Kier alpha value is -2.21. The number of ether oxygens (including phenoxy) is 1. The minimum Gasteiger partial charge on any atom is -0.379 e. The molecule has 3 rings (SSSR count). The van der Waals surface area contributed by atoms with E-state index in [9.17, 15) is 14.4 Å². The fraction of sp³-hybridized carbons (Fsp3) is 0.400. The van der Waals surface area contributed by atoms with Crippen LogP contribution >= 0.6 is 0 Å². The molecule has 6 nitrogen and oxygen atoms in total. The minimum absolute atomic E-state index is 0.0414. The maximum atomic E-state index is 12.1. The third kappa shape index (κ3) is 2.67. The number of rotatable bonds is 4. The normalized spacial score (nSPS) is 20.8. The summed E-state index contributed by atoms with van der Waals surface area (Å²) in [5, 5.41) is 2.84. The molecule has 3 amide bonds. The molecule has 0 radical (unpaired) electrons. The number of carbonyl (C=O) groups excluding carboxylic acids is 3. The Labute approximate surface area is 122 Å². The molecular weight excluding hydrogens is 272 g/mol. The molecule has 1 unspecified atom stereocenters. The summed E-state index contributed by atoms with van der Waals surface area (Å²) in [5.74, 6) is -0.817. The smallest absolute Gasteiger partial charge is 0.261 e. The first-order valence-electron chi connectivity index (χ1n) is 6.99. The molecule has 21 heavy (non-hydrogen) atoms. The number of hydrogen-bond acceptors (Lipinski definition) is 4. The van der Waals surface area contributed by atoms with Crippen molar-refractivity contribution in [3.05, 3.63) is 35.4 Å². The van der Waals surface area contributed by atoms with Crippen molar-refractivity contribution in [2.45, 2.75) is 18.9 Å². The fourth-order valence-corrected chi connectivity index (χ4v) is 2.60. The molecule has 110 valence electrons. The third-order valence-electron chi connectivity index (χ3n) is 3.74. The molecule has 2 aliphatic rings. The largest absolute Gasteiger partial charge is 0.379 e. The number of fused-ring (bicyclic) bond motifs is 1. The summed E-state index contributed by atoms with van der Waals surface area (Å²) in [6, 6.07) is 6.75. The zero-order valence-corrected chi connectivity index (χ0v) is 11.5. The van der Waals surface area contributed by atoms with Gasteiger partial charge in [-0.1, -0.05) is 12.1 Å². The third-order valence-corrected chi connectivity index (χ3v) is 3.74. The Balaban J connectivity index is 1.58. The lowest BCUT2D eigenvalue weighted by atomic mass is 10.1.